The van der Waals surface area contributed by atoms with Crippen molar-refractivity contribution in [1.82, 2.24) is 4.90 Å². The average Bonchev–Trinajstić information content (AvgIpc) is 3.13. The minimum atomic E-state index is -0.480. The first-order valence-electron chi connectivity index (χ1n) is 9.88. The number of ketones is 1. The Kier molecular flexibility index (Phi) is 6.79. The van der Waals surface area contributed by atoms with E-state index in [2.05, 4.69) is 0 Å². The van der Waals surface area contributed by atoms with Gasteiger partial charge in [0.25, 0.3) is 0 Å². The molecule has 1 saturated heterocycles. The summed E-state index contributed by atoms with van der Waals surface area (Å²) in [4.78, 5) is 39.2. The topological polar surface area (TPSA) is 85.4 Å². The van der Waals surface area contributed by atoms with Gasteiger partial charge in [0.2, 0.25) is 5.91 Å². The molecule has 0 N–H and O–H groups in total. The van der Waals surface area contributed by atoms with Crippen LogP contribution in [0.25, 0.3) is 0 Å². The zero-order valence-electron chi connectivity index (χ0n) is 18.1. The Bertz CT molecular complexity index is 973. The number of rotatable bonds is 8. The van der Waals surface area contributed by atoms with E-state index in [4.69, 9.17) is 14.2 Å². The summed E-state index contributed by atoms with van der Waals surface area (Å²) in [6, 6.07) is 12.2. The number of hydrogen-bond donors (Lipinski definition) is 0. The van der Waals surface area contributed by atoms with Crippen molar-refractivity contribution >= 4 is 23.5 Å². The number of carbonyl (C=O) groups is 3. The molecule has 8 heteroatoms. The highest BCUT2D eigenvalue weighted by Gasteiger charge is 2.34. The van der Waals surface area contributed by atoms with Crippen molar-refractivity contribution in [3.05, 3.63) is 53.6 Å². The van der Waals surface area contributed by atoms with Crippen LogP contribution in [0.4, 0.5) is 10.5 Å². The number of amides is 2. The molecular formula is C23H26N2O6. The van der Waals surface area contributed by atoms with Crippen LogP contribution in [0.1, 0.15) is 29.8 Å². The third-order valence-corrected chi connectivity index (χ3v) is 5.18. The fourth-order valence-electron chi connectivity index (χ4n) is 3.44. The molecule has 164 valence electrons. The molecule has 2 aromatic rings. The highest BCUT2D eigenvalue weighted by molar-refractivity contribution is 5.95. The molecule has 1 fully saturated rings. The second kappa shape index (κ2) is 9.51. The van der Waals surface area contributed by atoms with Crippen LogP contribution >= 0.6 is 0 Å². The minimum Gasteiger partial charge on any atom is -0.497 e. The molecule has 0 aliphatic carbocycles. The van der Waals surface area contributed by atoms with Crippen LogP contribution in [0.2, 0.25) is 0 Å². The van der Waals surface area contributed by atoms with Crippen LogP contribution in [-0.4, -0.2) is 56.1 Å². The quantitative estimate of drug-likeness (QED) is 0.602. The largest absolute Gasteiger partial charge is 0.497 e. The number of methoxy groups -OCH3 is 2. The first-order chi connectivity index (χ1) is 14.8. The summed E-state index contributed by atoms with van der Waals surface area (Å²) in [5.41, 5.74) is 2.03. The van der Waals surface area contributed by atoms with Crippen molar-refractivity contribution in [2.45, 2.75) is 26.5 Å². The fourth-order valence-corrected chi connectivity index (χ4v) is 3.44. The Hall–Kier alpha value is -3.55. The van der Waals surface area contributed by atoms with Crippen LogP contribution in [0.5, 0.6) is 11.5 Å². The summed E-state index contributed by atoms with van der Waals surface area (Å²) in [6.45, 7) is 3.83. The number of nitrogens with zero attached hydrogens (tertiary/aromatic N) is 2. The summed E-state index contributed by atoms with van der Waals surface area (Å²) in [7, 11) is 3.13. The Morgan fingerprint density at radius 1 is 1.10 bits per heavy atom. The highest BCUT2D eigenvalue weighted by atomic mass is 16.6. The SMILES string of the molecule is COc1ccc(CN(C[C@H]2CN(c3ccc(C(C)=O)cc3)C(=O)O2)C(C)=O)c(OC)c1. The van der Waals surface area contributed by atoms with Gasteiger partial charge >= 0.3 is 6.09 Å². The molecule has 0 radical (unpaired) electrons. The Labute approximate surface area is 181 Å². The first-order valence-corrected chi connectivity index (χ1v) is 9.88. The molecule has 1 aliphatic rings. The average molecular weight is 426 g/mol. The normalized spacial score (nSPS) is 15.4. The molecule has 1 atom stereocenters. The monoisotopic (exact) mass is 426 g/mol. The van der Waals surface area contributed by atoms with Gasteiger partial charge < -0.3 is 19.1 Å². The molecule has 31 heavy (non-hydrogen) atoms. The number of anilines is 1. The lowest BCUT2D eigenvalue weighted by Crippen LogP contribution is -2.37. The van der Waals surface area contributed by atoms with Crippen LogP contribution in [0.15, 0.2) is 42.5 Å². The smallest absolute Gasteiger partial charge is 0.414 e. The molecule has 0 bridgehead atoms. The van der Waals surface area contributed by atoms with E-state index in [-0.39, 0.29) is 18.2 Å². The molecule has 8 nitrogen and oxygen atoms in total. The van der Waals surface area contributed by atoms with Crippen molar-refractivity contribution < 1.29 is 28.6 Å². The zero-order chi connectivity index (χ0) is 22.5. The standard InChI is InChI=1S/C23H26N2O6/c1-15(26)17-5-8-19(9-6-17)25-14-21(31-23(25)28)13-24(16(2)27)12-18-7-10-20(29-3)11-22(18)30-4/h5-11,21H,12-14H2,1-4H3/t21-/m0/s1. The number of cyclic esters (lactones) is 1. The minimum absolute atomic E-state index is 0.0421. The molecular weight excluding hydrogens is 400 g/mol. The Balaban J connectivity index is 1.70. The first kappa shape index (κ1) is 22.1. The fraction of sp³-hybridized carbons (Fsp3) is 0.348. The van der Waals surface area contributed by atoms with E-state index in [0.29, 0.717) is 35.8 Å². The zero-order valence-corrected chi connectivity index (χ0v) is 18.1. The lowest BCUT2D eigenvalue weighted by atomic mass is 10.1. The van der Waals surface area contributed by atoms with E-state index >= 15 is 0 Å². The number of Topliss-reactive ketones (excluding diaryl/α,β-unsaturated/α-hetero) is 1. The van der Waals surface area contributed by atoms with Gasteiger partial charge in [0, 0.05) is 36.3 Å². The van der Waals surface area contributed by atoms with Crippen LogP contribution < -0.4 is 14.4 Å². The van der Waals surface area contributed by atoms with Crippen molar-refractivity contribution in [3.8, 4) is 11.5 Å². The summed E-state index contributed by atoms with van der Waals surface area (Å²) >= 11 is 0. The Morgan fingerprint density at radius 3 is 2.39 bits per heavy atom. The maximum Gasteiger partial charge on any atom is 0.414 e. The molecule has 1 heterocycles. The van der Waals surface area contributed by atoms with Gasteiger partial charge in [-0.1, -0.05) is 0 Å². The predicted molar refractivity (Wildman–Crippen MR) is 115 cm³/mol. The summed E-state index contributed by atoms with van der Waals surface area (Å²) in [6.07, 6.45) is -0.959. The van der Waals surface area contributed by atoms with E-state index in [0.717, 1.165) is 5.56 Å². The second-order valence-electron chi connectivity index (χ2n) is 7.30. The van der Waals surface area contributed by atoms with Gasteiger partial charge in [-0.3, -0.25) is 14.5 Å². The van der Waals surface area contributed by atoms with E-state index in [1.807, 2.05) is 6.07 Å². The second-order valence-corrected chi connectivity index (χ2v) is 7.30. The number of carbonyl (C=O) groups excluding carboxylic acids is 3. The van der Waals surface area contributed by atoms with Gasteiger partial charge in [-0.15, -0.1) is 0 Å². The number of hydrogen-bond acceptors (Lipinski definition) is 6. The third-order valence-electron chi connectivity index (χ3n) is 5.18. The van der Waals surface area contributed by atoms with Crippen LogP contribution in [0.3, 0.4) is 0 Å². The summed E-state index contributed by atoms with van der Waals surface area (Å²) < 4.78 is 16.1. The third kappa shape index (κ3) is 5.14. The molecule has 2 aromatic carbocycles. The molecule has 1 aliphatic heterocycles. The highest BCUT2D eigenvalue weighted by Crippen LogP contribution is 2.27. The van der Waals surface area contributed by atoms with E-state index < -0.39 is 12.2 Å². The molecule has 3 rings (SSSR count). The van der Waals surface area contributed by atoms with E-state index in [1.54, 1.807) is 55.5 Å². The summed E-state index contributed by atoms with van der Waals surface area (Å²) in [5.74, 6) is 1.09. The molecule has 0 saturated carbocycles. The maximum absolute atomic E-state index is 12.4. The van der Waals surface area contributed by atoms with Crippen LogP contribution in [0, 0.1) is 0 Å². The van der Waals surface area contributed by atoms with Gasteiger partial charge in [0.05, 0.1) is 27.3 Å². The van der Waals surface area contributed by atoms with Gasteiger partial charge in [-0.05, 0) is 43.3 Å². The molecule has 0 aromatic heterocycles. The molecule has 0 spiro atoms. The van der Waals surface area contributed by atoms with Crippen molar-refractivity contribution in [3.63, 3.8) is 0 Å². The van der Waals surface area contributed by atoms with Crippen molar-refractivity contribution in [2.24, 2.45) is 0 Å². The van der Waals surface area contributed by atoms with Crippen molar-refractivity contribution in [2.75, 3.05) is 32.2 Å². The van der Waals surface area contributed by atoms with Gasteiger partial charge in [0.15, 0.2) is 5.78 Å². The number of benzene rings is 2. The lowest BCUT2D eigenvalue weighted by molar-refractivity contribution is -0.130. The predicted octanol–water partition coefficient (Wildman–Crippen LogP) is 3.28. The number of ether oxygens (including phenoxy) is 3. The van der Waals surface area contributed by atoms with E-state index in [1.165, 1.54) is 18.7 Å². The molecule has 0 unspecified atom stereocenters. The van der Waals surface area contributed by atoms with E-state index in [9.17, 15) is 14.4 Å². The van der Waals surface area contributed by atoms with Gasteiger partial charge in [-0.25, -0.2) is 4.79 Å². The Morgan fingerprint density at radius 2 is 1.81 bits per heavy atom. The lowest BCUT2D eigenvalue weighted by Gasteiger charge is -2.24. The molecule has 2 amide bonds. The van der Waals surface area contributed by atoms with Crippen molar-refractivity contribution in [1.29, 1.82) is 0 Å². The maximum atomic E-state index is 12.4. The van der Waals surface area contributed by atoms with Crippen LogP contribution in [-0.2, 0) is 16.1 Å². The van der Waals surface area contributed by atoms with Gasteiger partial charge in [0.1, 0.15) is 17.6 Å². The van der Waals surface area contributed by atoms with Gasteiger partial charge in [-0.2, -0.15) is 0 Å². The summed E-state index contributed by atoms with van der Waals surface area (Å²) in [5, 5.41) is 0.